The lowest BCUT2D eigenvalue weighted by Gasteiger charge is -2.07. The fraction of sp³-hybridized carbons (Fsp3) is 0. The Labute approximate surface area is 111 Å². The first kappa shape index (κ1) is 13.4. The van der Waals surface area contributed by atoms with Crippen LogP contribution in [0.25, 0.3) is 0 Å². The van der Waals surface area contributed by atoms with Crippen LogP contribution in [0.3, 0.4) is 0 Å². The minimum absolute atomic E-state index is 0.0740. The van der Waals surface area contributed by atoms with E-state index in [2.05, 4.69) is 10.2 Å². The Hall–Kier alpha value is -3.03. The van der Waals surface area contributed by atoms with Crippen molar-refractivity contribution in [1.29, 1.82) is 0 Å². The maximum atomic E-state index is 13.1. The van der Waals surface area contributed by atoms with Gasteiger partial charge in [0.2, 0.25) is 5.88 Å². The average Bonchev–Trinajstić information content (AvgIpc) is 2.39. The van der Waals surface area contributed by atoms with Crippen molar-refractivity contribution in [2.75, 3.05) is 0 Å². The number of aromatic nitrogens is 2. The molecule has 1 aromatic heterocycles. The summed E-state index contributed by atoms with van der Waals surface area (Å²) in [5.74, 6) is -3.02. The van der Waals surface area contributed by atoms with E-state index in [9.17, 15) is 14.0 Å². The summed E-state index contributed by atoms with van der Waals surface area (Å²) >= 11 is 0. The maximum Gasteiger partial charge on any atom is 0.339 e. The highest BCUT2D eigenvalue weighted by atomic mass is 19.1. The van der Waals surface area contributed by atoms with Gasteiger partial charge in [-0.25, -0.2) is 9.18 Å². The summed E-state index contributed by atoms with van der Waals surface area (Å²) in [7, 11) is 0. The number of carboxylic acids is 1. The summed E-state index contributed by atoms with van der Waals surface area (Å²) in [6.07, 6.45) is 0. The zero-order valence-electron chi connectivity index (χ0n) is 9.91. The Morgan fingerprint density at radius 1 is 1.20 bits per heavy atom. The zero-order chi connectivity index (χ0) is 14.7. The molecule has 8 heteroatoms. The molecule has 2 rings (SSSR count). The second-order valence-corrected chi connectivity index (χ2v) is 3.67. The third kappa shape index (κ3) is 2.86. The van der Waals surface area contributed by atoms with Crippen molar-refractivity contribution in [3.63, 3.8) is 0 Å². The molecule has 7 nitrogen and oxygen atoms in total. The second kappa shape index (κ2) is 5.31. The van der Waals surface area contributed by atoms with Crippen LogP contribution in [-0.4, -0.2) is 27.2 Å². The Morgan fingerprint density at radius 2 is 1.95 bits per heavy atom. The van der Waals surface area contributed by atoms with Crippen LogP contribution >= 0.6 is 0 Å². The predicted octanol–water partition coefficient (Wildman–Crippen LogP) is 1.21. The second-order valence-electron chi connectivity index (χ2n) is 3.67. The third-order valence-corrected chi connectivity index (χ3v) is 2.28. The Kier molecular flexibility index (Phi) is 3.56. The van der Waals surface area contributed by atoms with Gasteiger partial charge in [-0.15, -0.1) is 10.2 Å². The first-order valence-electron chi connectivity index (χ1n) is 5.31. The molecule has 3 N–H and O–H groups in total. The molecule has 102 valence electrons. The Balaban J connectivity index is 2.31. The van der Waals surface area contributed by atoms with E-state index in [1.807, 2.05) is 0 Å². The molecule has 0 aliphatic carbocycles. The summed E-state index contributed by atoms with van der Waals surface area (Å²) in [4.78, 5) is 21.8. The highest BCUT2D eigenvalue weighted by Crippen LogP contribution is 2.24. The lowest BCUT2D eigenvalue weighted by molar-refractivity contribution is 0.0693. The highest BCUT2D eigenvalue weighted by Gasteiger charge is 2.14. The monoisotopic (exact) mass is 277 g/mol. The van der Waals surface area contributed by atoms with Gasteiger partial charge >= 0.3 is 5.97 Å². The minimum atomic E-state index is -1.28. The number of ether oxygens (including phenoxy) is 1. The number of benzene rings is 1. The number of carbonyl (C=O) groups excluding carboxylic acids is 1. The number of amides is 1. The quantitative estimate of drug-likeness (QED) is 0.867. The summed E-state index contributed by atoms with van der Waals surface area (Å²) in [6, 6.07) is 5.50. The van der Waals surface area contributed by atoms with Crippen molar-refractivity contribution >= 4 is 11.9 Å². The van der Waals surface area contributed by atoms with Gasteiger partial charge in [0.25, 0.3) is 5.91 Å². The molecule has 0 saturated carbocycles. The van der Waals surface area contributed by atoms with Crippen LogP contribution in [0.1, 0.15) is 20.8 Å². The SMILES string of the molecule is NC(=O)c1ccc(Oc2cc(F)ccc2C(=O)O)nn1. The Morgan fingerprint density at radius 3 is 2.50 bits per heavy atom. The molecule has 0 atom stereocenters. The molecule has 0 saturated heterocycles. The summed E-state index contributed by atoms with van der Waals surface area (Å²) < 4.78 is 18.3. The van der Waals surface area contributed by atoms with E-state index in [1.165, 1.54) is 12.1 Å². The van der Waals surface area contributed by atoms with Crippen molar-refractivity contribution < 1.29 is 23.8 Å². The number of primary amides is 1. The minimum Gasteiger partial charge on any atom is -0.478 e. The van der Waals surface area contributed by atoms with E-state index in [1.54, 1.807) is 0 Å². The van der Waals surface area contributed by atoms with Gasteiger partial charge in [0.15, 0.2) is 5.69 Å². The smallest absolute Gasteiger partial charge is 0.339 e. The van der Waals surface area contributed by atoms with Crippen molar-refractivity contribution in [3.05, 3.63) is 47.4 Å². The molecule has 2 aromatic rings. The normalized spacial score (nSPS) is 10.1. The molecule has 1 amide bonds. The molecule has 0 spiro atoms. The fourth-order valence-corrected chi connectivity index (χ4v) is 1.38. The van der Waals surface area contributed by atoms with Crippen molar-refractivity contribution in [2.24, 2.45) is 5.73 Å². The van der Waals surface area contributed by atoms with Gasteiger partial charge in [-0.2, -0.15) is 0 Å². The predicted molar refractivity (Wildman–Crippen MR) is 64.0 cm³/mol. The average molecular weight is 277 g/mol. The van der Waals surface area contributed by atoms with E-state index < -0.39 is 17.7 Å². The van der Waals surface area contributed by atoms with E-state index in [0.29, 0.717) is 0 Å². The number of halogens is 1. The Bertz CT molecular complexity index is 673. The van der Waals surface area contributed by atoms with Crippen LogP contribution in [0.15, 0.2) is 30.3 Å². The maximum absolute atomic E-state index is 13.1. The molecule has 0 aliphatic rings. The zero-order valence-corrected chi connectivity index (χ0v) is 9.91. The third-order valence-electron chi connectivity index (χ3n) is 2.28. The standard InChI is InChI=1S/C12H8FN3O4/c13-6-1-2-7(12(18)19)9(5-6)20-10-4-3-8(11(14)17)15-16-10/h1-5H,(H2,14,17)(H,18,19). The van der Waals surface area contributed by atoms with Gasteiger partial charge < -0.3 is 15.6 Å². The lowest BCUT2D eigenvalue weighted by Crippen LogP contribution is -2.13. The lowest BCUT2D eigenvalue weighted by atomic mass is 10.2. The largest absolute Gasteiger partial charge is 0.478 e. The van der Waals surface area contributed by atoms with Crippen LogP contribution < -0.4 is 10.5 Å². The van der Waals surface area contributed by atoms with E-state index >= 15 is 0 Å². The van der Waals surface area contributed by atoms with Crippen molar-refractivity contribution in [1.82, 2.24) is 10.2 Å². The fourth-order valence-electron chi connectivity index (χ4n) is 1.38. The molecule has 0 unspecified atom stereocenters. The number of rotatable bonds is 4. The van der Waals surface area contributed by atoms with E-state index in [0.717, 1.165) is 18.2 Å². The number of hydrogen-bond acceptors (Lipinski definition) is 5. The summed E-state index contributed by atoms with van der Waals surface area (Å²) in [6.45, 7) is 0. The van der Waals surface area contributed by atoms with Gasteiger partial charge in [0, 0.05) is 12.1 Å². The summed E-state index contributed by atoms with van der Waals surface area (Å²) in [5, 5.41) is 16.0. The van der Waals surface area contributed by atoms with Crippen molar-refractivity contribution in [2.45, 2.75) is 0 Å². The molecular weight excluding hydrogens is 269 g/mol. The molecule has 1 aromatic carbocycles. The molecule has 20 heavy (non-hydrogen) atoms. The van der Waals surface area contributed by atoms with Crippen LogP contribution in [0.5, 0.6) is 11.6 Å². The van der Waals surface area contributed by atoms with Crippen LogP contribution in [-0.2, 0) is 0 Å². The van der Waals surface area contributed by atoms with Gasteiger partial charge in [-0.3, -0.25) is 4.79 Å². The number of aromatic carboxylic acids is 1. The molecular formula is C12H8FN3O4. The number of hydrogen-bond donors (Lipinski definition) is 2. The van der Waals surface area contributed by atoms with Gasteiger partial charge in [0.05, 0.1) is 0 Å². The van der Waals surface area contributed by atoms with Crippen molar-refractivity contribution in [3.8, 4) is 11.6 Å². The summed E-state index contributed by atoms with van der Waals surface area (Å²) in [5.41, 5.74) is 4.69. The van der Waals surface area contributed by atoms with Gasteiger partial charge in [0.1, 0.15) is 17.1 Å². The van der Waals surface area contributed by atoms with Crippen LogP contribution in [0.4, 0.5) is 4.39 Å². The molecule has 0 fully saturated rings. The van der Waals surface area contributed by atoms with E-state index in [4.69, 9.17) is 15.6 Å². The topological polar surface area (TPSA) is 115 Å². The number of nitrogens with two attached hydrogens (primary N) is 1. The number of nitrogens with zero attached hydrogens (tertiary/aromatic N) is 2. The van der Waals surface area contributed by atoms with E-state index in [-0.39, 0.29) is 22.9 Å². The molecule has 0 bridgehead atoms. The first-order chi connectivity index (χ1) is 9.47. The van der Waals surface area contributed by atoms with Gasteiger partial charge in [-0.1, -0.05) is 0 Å². The first-order valence-corrected chi connectivity index (χ1v) is 5.31. The molecule has 0 aliphatic heterocycles. The molecule has 1 heterocycles. The number of carboxylic acid groups (broad SMARTS) is 1. The van der Waals surface area contributed by atoms with Crippen LogP contribution in [0.2, 0.25) is 0 Å². The molecule has 0 radical (unpaired) electrons. The number of carbonyl (C=O) groups is 2. The van der Waals surface area contributed by atoms with Crippen LogP contribution in [0, 0.1) is 5.82 Å². The highest BCUT2D eigenvalue weighted by molar-refractivity contribution is 5.91. The van der Waals surface area contributed by atoms with Gasteiger partial charge in [-0.05, 0) is 18.2 Å².